The van der Waals surface area contributed by atoms with E-state index in [1.54, 1.807) is 0 Å². The van der Waals surface area contributed by atoms with Crippen LogP contribution >= 0.6 is 0 Å². The van der Waals surface area contributed by atoms with Gasteiger partial charge in [-0.05, 0) is 24.3 Å². The van der Waals surface area contributed by atoms with Crippen LogP contribution in [0.25, 0.3) is 0 Å². The van der Waals surface area contributed by atoms with Gasteiger partial charge in [-0.1, -0.05) is 30.3 Å². The molecule has 0 aromatic heterocycles. The Labute approximate surface area is 84.2 Å². The van der Waals surface area contributed by atoms with Crippen molar-refractivity contribution in [2.24, 2.45) is 0 Å². The van der Waals surface area contributed by atoms with E-state index in [2.05, 4.69) is 12.1 Å². The van der Waals surface area contributed by atoms with Gasteiger partial charge in [0.25, 0.3) is 0 Å². The van der Waals surface area contributed by atoms with E-state index in [9.17, 15) is 10.2 Å². The normalized spacial score (nSPS) is 22.1. The number of aliphatic hydroxyl groups is 2. The van der Waals surface area contributed by atoms with Crippen molar-refractivity contribution >= 4 is 0 Å². The first kappa shape index (κ1) is 9.69. The molecule has 2 rings (SSSR count). The number of benzene rings is 1. The Bertz CT molecular complexity index is 282. The van der Waals surface area contributed by atoms with Gasteiger partial charge in [0.15, 0.2) is 5.79 Å². The Kier molecular flexibility index (Phi) is 2.57. The van der Waals surface area contributed by atoms with Gasteiger partial charge in [0.2, 0.25) is 0 Å². The highest BCUT2D eigenvalue weighted by molar-refractivity contribution is 5.20. The van der Waals surface area contributed by atoms with E-state index >= 15 is 0 Å². The van der Waals surface area contributed by atoms with Crippen molar-refractivity contribution in [1.29, 1.82) is 0 Å². The summed E-state index contributed by atoms with van der Waals surface area (Å²) in [5.74, 6) is -0.908. The fourth-order valence-corrected chi connectivity index (χ4v) is 2.14. The average Bonchev–Trinajstić information content (AvgIpc) is 2.19. The van der Waals surface area contributed by atoms with Crippen LogP contribution in [0.2, 0.25) is 0 Å². The lowest BCUT2D eigenvalue weighted by molar-refractivity contribution is -0.182. The van der Waals surface area contributed by atoms with Gasteiger partial charge in [0.1, 0.15) is 0 Å². The summed E-state index contributed by atoms with van der Waals surface area (Å²) < 4.78 is 0. The van der Waals surface area contributed by atoms with E-state index in [1.165, 1.54) is 5.56 Å². The second-order valence-electron chi connectivity index (χ2n) is 4.17. The van der Waals surface area contributed by atoms with Crippen LogP contribution in [-0.2, 0) is 0 Å². The molecule has 0 spiro atoms. The molecule has 1 fully saturated rings. The van der Waals surface area contributed by atoms with Gasteiger partial charge >= 0.3 is 0 Å². The van der Waals surface area contributed by atoms with Gasteiger partial charge < -0.3 is 10.2 Å². The van der Waals surface area contributed by atoms with Gasteiger partial charge in [0.05, 0.1) is 0 Å². The lowest BCUT2D eigenvalue weighted by Gasteiger charge is -2.31. The maximum Gasteiger partial charge on any atom is 0.162 e. The summed E-state index contributed by atoms with van der Waals surface area (Å²) >= 11 is 0. The molecule has 0 amide bonds. The van der Waals surface area contributed by atoms with Crippen LogP contribution in [0.4, 0.5) is 0 Å². The first-order chi connectivity index (χ1) is 6.67. The molecule has 0 radical (unpaired) electrons. The van der Waals surface area contributed by atoms with Crippen LogP contribution in [0.1, 0.15) is 37.2 Å². The van der Waals surface area contributed by atoms with Crippen molar-refractivity contribution in [1.82, 2.24) is 0 Å². The van der Waals surface area contributed by atoms with E-state index in [4.69, 9.17) is 0 Å². The maximum absolute atomic E-state index is 9.39. The fourth-order valence-electron chi connectivity index (χ4n) is 2.14. The van der Waals surface area contributed by atoms with Crippen molar-refractivity contribution in [2.45, 2.75) is 37.4 Å². The molecule has 76 valence electrons. The molecular weight excluding hydrogens is 176 g/mol. The molecule has 2 N–H and O–H groups in total. The van der Waals surface area contributed by atoms with Crippen molar-refractivity contribution in [2.75, 3.05) is 0 Å². The van der Waals surface area contributed by atoms with Crippen LogP contribution in [-0.4, -0.2) is 16.0 Å². The van der Waals surface area contributed by atoms with Crippen LogP contribution in [0.5, 0.6) is 0 Å². The molecular formula is C12H16O2. The van der Waals surface area contributed by atoms with Crippen molar-refractivity contribution in [3.8, 4) is 0 Å². The molecule has 0 heterocycles. The minimum absolute atomic E-state index is 0.493. The third-order valence-electron chi connectivity index (χ3n) is 3.06. The summed E-state index contributed by atoms with van der Waals surface area (Å²) in [5, 5.41) is 18.8. The maximum atomic E-state index is 9.39. The minimum Gasteiger partial charge on any atom is -0.366 e. The monoisotopic (exact) mass is 192 g/mol. The molecule has 1 aliphatic rings. The van der Waals surface area contributed by atoms with E-state index in [0.29, 0.717) is 18.8 Å². The Morgan fingerprint density at radius 2 is 1.57 bits per heavy atom. The van der Waals surface area contributed by atoms with Gasteiger partial charge in [-0.2, -0.15) is 0 Å². The summed E-state index contributed by atoms with van der Waals surface area (Å²) in [5.41, 5.74) is 1.32. The van der Waals surface area contributed by atoms with E-state index in [0.717, 1.165) is 12.8 Å². The smallest absolute Gasteiger partial charge is 0.162 e. The van der Waals surface area contributed by atoms with Gasteiger partial charge in [0, 0.05) is 12.8 Å². The highest BCUT2D eigenvalue weighted by Crippen LogP contribution is 2.36. The molecule has 0 unspecified atom stereocenters. The summed E-state index contributed by atoms with van der Waals surface area (Å²) in [7, 11) is 0. The largest absolute Gasteiger partial charge is 0.366 e. The first-order valence-corrected chi connectivity index (χ1v) is 5.17. The molecule has 2 nitrogen and oxygen atoms in total. The number of rotatable bonds is 1. The van der Waals surface area contributed by atoms with Gasteiger partial charge in [-0.3, -0.25) is 0 Å². The van der Waals surface area contributed by atoms with Crippen molar-refractivity contribution < 1.29 is 10.2 Å². The van der Waals surface area contributed by atoms with Crippen LogP contribution in [0, 0.1) is 0 Å². The predicted octanol–water partition coefficient (Wildman–Crippen LogP) is 2.03. The topological polar surface area (TPSA) is 40.5 Å². The Hall–Kier alpha value is -0.860. The summed E-state index contributed by atoms with van der Waals surface area (Å²) in [4.78, 5) is 0. The Balaban J connectivity index is 2.03. The second-order valence-corrected chi connectivity index (χ2v) is 4.17. The molecule has 0 atom stereocenters. The quantitative estimate of drug-likeness (QED) is 0.668. The molecule has 0 bridgehead atoms. The van der Waals surface area contributed by atoms with E-state index in [-0.39, 0.29) is 0 Å². The van der Waals surface area contributed by atoms with Crippen LogP contribution in [0.15, 0.2) is 30.3 Å². The Morgan fingerprint density at radius 3 is 2.14 bits per heavy atom. The molecule has 2 heteroatoms. The second kappa shape index (κ2) is 3.71. The van der Waals surface area contributed by atoms with Crippen molar-refractivity contribution in [3.63, 3.8) is 0 Å². The molecule has 1 saturated carbocycles. The summed E-state index contributed by atoms with van der Waals surface area (Å²) in [6.45, 7) is 0. The highest BCUT2D eigenvalue weighted by Gasteiger charge is 2.30. The minimum atomic E-state index is -1.41. The summed E-state index contributed by atoms with van der Waals surface area (Å²) in [6.07, 6.45) is 2.73. The fraction of sp³-hybridized carbons (Fsp3) is 0.500. The molecule has 1 aliphatic carbocycles. The van der Waals surface area contributed by atoms with Crippen LogP contribution < -0.4 is 0 Å². The third kappa shape index (κ3) is 2.14. The lowest BCUT2D eigenvalue weighted by Crippen LogP contribution is -2.32. The first-order valence-electron chi connectivity index (χ1n) is 5.17. The number of hydrogen-bond acceptors (Lipinski definition) is 2. The van der Waals surface area contributed by atoms with Crippen LogP contribution in [0.3, 0.4) is 0 Å². The lowest BCUT2D eigenvalue weighted by atomic mass is 9.81. The zero-order valence-corrected chi connectivity index (χ0v) is 8.19. The van der Waals surface area contributed by atoms with Gasteiger partial charge in [-0.25, -0.2) is 0 Å². The zero-order chi connectivity index (χ0) is 10.0. The number of hydrogen-bond donors (Lipinski definition) is 2. The highest BCUT2D eigenvalue weighted by atomic mass is 16.5. The van der Waals surface area contributed by atoms with Gasteiger partial charge in [-0.15, -0.1) is 0 Å². The molecule has 0 aliphatic heterocycles. The van der Waals surface area contributed by atoms with E-state index in [1.807, 2.05) is 18.2 Å². The average molecular weight is 192 g/mol. The Morgan fingerprint density at radius 1 is 1.00 bits per heavy atom. The van der Waals surface area contributed by atoms with E-state index < -0.39 is 5.79 Å². The SMILES string of the molecule is OC1(O)CCC(c2ccccc2)CC1. The molecule has 0 saturated heterocycles. The molecule has 1 aromatic rings. The van der Waals surface area contributed by atoms with Crippen molar-refractivity contribution in [3.05, 3.63) is 35.9 Å². The summed E-state index contributed by atoms with van der Waals surface area (Å²) in [6, 6.07) is 10.3. The molecule has 14 heavy (non-hydrogen) atoms. The standard InChI is InChI=1S/C12H16O2/c13-12(14)8-6-11(7-9-12)10-4-2-1-3-5-10/h1-5,11,13-14H,6-9H2. The zero-order valence-electron chi connectivity index (χ0n) is 8.19. The predicted molar refractivity (Wildman–Crippen MR) is 54.8 cm³/mol. The molecule has 1 aromatic carbocycles. The third-order valence-corrected chi connectivity index (χ3v) is 3.06.